The zero-order valence-electron chi connectivity index (χ0n) is 15.8. The van der Waals surface area contributed by atoms with Crippen LogP contribution in [0.2, 0.25) is 0 Å². The van der Waals surface area contributed by atoms with Crippen LogP contribution in [0.5, 0.6) is 0 Å². The van der Waals surface area contributed by atoms with Gasteiger partial charge in [0.1, 0.15) is 21.8 Å². The van der Waals surface area contributed by atoms with Crippen molar-refractivity contribution in [2.24, 2.45) is 0 Å². The molecule has 30 heavy (non-hydrogen) atoms. The maximum atomic E-state index is 14.6. The molecule has 0 unspecified atom stereocenters. The predicted octanol–water partition coefficient (Wildman–Crippen LogP) is -2.56. The molecule has 0 aromatic heterocycles. The smallest absolute Gasteiger partial charge is 0.744 e. The van der Waals surface area contributed by atoms with Crippen LogP contribution in [0.25, 0.3) is 22.3 Å². The van der Waals surface area contributed by atoms with Gasteiger partial charge in [0.05, 0.1) is 16.9 Å². The molecule has 0 saturated carbocycles. The molecule has 0 bridgehead atoms. The van der Waals surface area contributed by atoms with Crippen LogP contribution in [0.3, 0.4) is 0 Å². The molecule has 0 spiro atoms. The first-order chi connectivity index (χ1) is 13.3. The van der Waals surface area contributed by atoms with Gasteiger partial charge in [-0.3, -0.25) is 5.04 Å². The SMILES string of the molecule is O=S(=O)([O-])c1ccc(-c2cc(F)c(-c3ccc(SOO[O-])cc3)cc2F)cc1.[Na+].[Na+]. The summed E-state index contributed by atoms with van der Waals surface area (Å²) >= 11 is 0.667. The predicted molar refractivity (Wildman–Crippen MR) is 93.2 cm³/mol. The number of hydrogen-bond donors (Lipinski definition) is 0. The van der Waals surface area contributed by atoms with Gasteiger partial charge in [0.15, 0.2) is 0 Å². The van der Waals surface area contributed by atoms with E-state index in [1.807, 2.05) is 0 Å². The van der Waals surface area contributed by atoms with Gasteiger partial charge in [-0.1, -0.05) is 24.3 Å². The summed E-state index contributed by atoms with van der Waals surface area (Å²) in [6.07, 6.45) is 0. The number of benzene rings is 3. The van der Waals surface area contributed by atoms with Crippen molar-refractivity contribution < 1.29 is 95.5 Å². The fourth-order valence-electron chi connectivity index (χ4n) is 2.53. The summed E-state index contributed by atoms with van der Waals surface area (Å²) in [5.41, 5.74) is 0.543. The Morgan fingerprint density at radius 1 is 0.800 bits per heavy atom. The molecule has 0 saturated heterocycles. The quantitative estimate of drug-likeness (QED) is 0.129. The van der Waals surface area contributed by atoms with Crippen molar-refractivity contribution in [2.45, 2.75) is 9.79 Å². The Hall–Kier alpha value is -0.340. The Bertz CT molecular complexity index is 1090. The fourth-order valence-corrected chi connectivity index (χ4v) is 3.36. The maximum Gasteiger partial charge on any atom is 1.00 e. The van der Waals surface area contributed by atoms with Gasteiger partial charge >= 0.3 is 59.1 Å². The van der Waals surface area contributed by atoms with Gasteiger partial charge in [-0.15, -0.1) is 0 Å². The monoisotopic (exact) mass is 470 g/mol. The van der Waals surface area contributed by atoms with Gasteiger partial charge in [0.2, 0.25) is 0 Å². The minimum absolute atomic E-state index is 0. The number of hydrogen-bond acceptors (Lipinski definition) is 7. The second-order valence-electron chi connectivity index (χ2n) is 5.53. The van der Waals surface area contributed by atoms with Crippen LogP contribution >= 0.6 is 12.0 Å². The van der Waals surface area contributed by atoms with Crippen molar-refractivity contribution in [3.05, 3.63) is 72.3 Å². The van der Waals surface area contributed by atoms with Crippen LogP contribution in [-0.2, 0) is 19.5 Å². The van der Waals surface area contributed by atoms with Gasteiger partial charge < -0.3 is 9.81 Å². The van der Waals surface area contributed by atoms with E-state index in [2.05, 4.69) is 9.37 Å². The maximum absolute atomic E-state index is 14.6. The Morgan fingerprint density at radius 3 is 1.63 bits per heavy atom. The average Bonchev–Trinajstić information content (AvgIpc) is 2.68. The number of halogens is 2. The van der Waals surface area contributed by atoms with Crippen LogP contribution < -0.4 is 64.4 Å². The summed E-state index contributed by atoms with van der Waals surface area (Å²) in [5.74, 6) is -1.42. The molecule has 0 heterocycles. The molecule has 0 aliphatic carbocycles. The van der Waals surface area contributed by atoms with E-state index in [-0.39, 0.29) is 75.8 Å². The largest absolute Gasteiger partial charge is 1.00 e. The molecule has 0 radical (unpaired) electrons. The van der Waals surface area contributed by atoms with E-state index in [1.54, 1.807) is 0 Å². The molecular weight excluding hydrogens is 460 g/mol. The molecule has 0 aliphatic rings. The first-order valence-corrected chi connectivity index (χ1v) is 9.73. The first-order valence-electron chi connectivity index (χ1n) is 7.58. The zero-order valence-corrected chi connectivity index (χ0v) is 21.4. The third-order valence-corrected chi connectivity index (χ3v) is 5.27. The van der Waals surface area contributed by atoms with Crippen molar-refractivity contribution in [3.63, 3.8) is 0 Å². The van der Waals surface area contributed by atoms with Crippen molar-refractivity contribution in [3.8, 4) is 22.3 Å². The molecule has 0 fully saturated rings. The molecule has 12 heteroatoms. The molecule has 0 amide bonds. The normalized spacial score (nSPS) is 10.8. The Kier molecular flexibility index (Phi) is 11.1. The number of rotatable bonds is 6. The summed E-state index contributed by atoms with van der Waals surface area (Å²) < 4.78 is 66.2. The Balaban J connectivity index is 0.00000225. The summed E-state index contributed by atoms with van der Waals surface area (Å²) in [7, 11) is -4.63. The van der Waals surface area contributed by atoms with Crippen LogP contribution in [0, 0.1) is 11.6 Å². The summed E-state index contributed by atoms with van der Waals surface area (Å²) in [4.78, 5) is 0.0589. The van der Waals surface area contributed by atoms with Crippen LogP contribution in [-0.4, -0.2) is 13.0 Å². The molecule has 6 nitrogen and oxygen atoms in total. The summed E-state index contributed by atoms with van der Waals surface area (Å²) in [6.45, 7) is 0. The average molecular weight is 470 g/mol. The Morgan fingerprint density at radius 2 is 1.23 bits per heavy atom. The summed E-state index contributed by atoms with van der Waals surface area (Å²) in [5, 5.41) is 13.0. The van der Waals surface area contributed by atoms with E-state index >= 15 is 0 Å². The molecule has 146 valence electrons. The van der Waals surface area contributed by atoms with Gasteiger partial charge in [-0.25, -0.2) is 17.2 Å². The van der Waals surface area contributed by atoms with E-state index in [1.165, 1.54) is 36.4 Å². The van der Waals surface area contributed by atoms with Crippen molar-refractivity contribution in [2.75, 3.05) is 0 Å². The fraction of sp³-hybridized carbons (Fsp3) is 0. The Labute approximate surface area is 220 Å². The molecule has 3 aromatic rings. The minimum atomic E-state index is -4.63. The van der Waals surface area contributed by atoms with Crippen LogP contribution in [0.4, 0.5) is 8.78 Å². The third-order valence-electron chi connectivity index (χ3n) is 3.83. The van der Waals surface area contributed by atoms with E-state index in [4.69, 9.17) is 0 Å². The molecule has 0 atom stereocenters. The molecule has 0 aliphatic heterocycles. The standard InChI is InChI=1S/C18H12F2O6S2.2Na/c19-17-10-16(12-3-7-14(8-4-12)28(22,23)24)18(20)9-15(17)11-1-5-13(6-2-11)27-26-25-21;;/h1-10,21H,(H,22,23,24);;/q;2*+1/p-2. The topological polar surface area (TPSA) is 98.7 Å². The second kappa shape index (κ2) is 12.0. The van der Waals surface area contributed by atoms with E-state index in [0.29, 0.717) is 22.5 Å². The molecular formula is C18H10F2Na2O6S2. The van der Waals surface area contributed by atoms with Crippen LogP contribution in [0.15, 0.2) is 70.5 Å². The van der Waals surface area contributed by atoms with Crippen molar-refractivity contribution in [1.29, 1.82) is 0 Å². The van der Waals surface area contributed by atoms with E-state index in [9.17, 15) is 27.0 Å². The van der Waals surface area contributed by atoms with Gasteiger partial charge in [-0.05, 0) is 47.5 Å². The molecule has 3 rings (SSSR count). The van der Waals surface area contributed by atoms with E-state index < -0.39 is 26.6 Å². The minimum Gasteiger partial charge on any atom is -0.744 e. The van der Waals surface area contributed by atoms with Gasteiger partial charge in [0.25, 0.3) is 0 Å². The van der Waals surface area contributed by atoms with Crippen molar-refractivity contribution >= 4 is 22.2 Å². The zero-order chi connectivity index (χ0) is 20.3. The molecule has 0 N–H and O–H groups in total. The second-order valence-corrected chi connectivity index (χ2v) is 7.69. The van der Waals surface area contributed by atoms with Gasteiger partial charge in [-0.2, -0.15) is 4.33 Å². The van der Waals surface area contributed by atoms with Crippen molar-refractivity contribution in [1.82, 2.24) is 0 Å². The van der Waals surface area contributed by atoms with Gasteiger partial charge in [0, 0.05) is 16.0 Å². The van der Waals surface area contributed by atoms with E-state index in [0.717, 1.165) is 24.3 Å². The van der Waals surface area contributed by atoms with Crippen LogP contribution in [0.1, 0.15) is 0 Å². The summed E-state index contributed by atoms with van der Waals surface area (Å²) in [6, 6.07) is 12.6. The first kappa shape index (κ1) is 27.7. The third kappa shape index (κ3) is 6.83. The molecule has 3 aromatic carbocycles.